The molecule has 20 heavy (non-hydrogen) atoms. The van der Waals surface area contributed by atoms with E-state index in [9.17, 15) is 8.42 Å². The van der Waals surface area contributed by atoms with Gasteiger partial charge in [-0.1, -0.05) is 0 Å². The van der Waals surface area contributed by atoms with Crippen molar-refractivity contribution in [1.29, 1.82) is 0 Å². The van der Waals surface area contributed by atoms with Gasteiger partial charge in [0.25, 0.3) is 0 Å². The Balaban J connectivity index is 1.63. The predicted molar refractivity (Wildman–Crippen MR) is 73.3 cm³/mol. The van der Waals surface area contributed by atoms with Crippen molar-refractivity contribution >= 4 is 21.4 Å². The van der Waals surface area contributed by atoms with Gasteiger partial charge in [0, 0.05) is 23.7 Å². The van der Waals surface area contributed by atoms with Gasteiger partial charge in [0.15, 0.2) is 0 Å². The summed E-state index contributed by atoms with van der Waals surface area (Å²) in [6.07, 6.45) is 2.95. The van der Waals surface area contributed by atoms with E-state index in [4.69, 9.17) is 4.74 Å². The molecule has 108 valence electrons. The smallest absolute Gasteiger partial charge is 0.211 e. The molecule has 1 N–H and O–H groups in total. The fourth-order valence-corrected chi connectivity index (χ4v) is 3.36. The van der Waals surface area contributed by atoms with Crippen LogP contribution in [-0.2, 0) is 41.1 Å². The Hall–Kier alpha value is -1.29. The number of H-pyrrole nitrogens is 1. The number of aromatic nitrogens is 3. The molecule has 2 aromatic heterocycles. The Morgan fingerprint density at radius 3 is 3.00 bits per heavy atom. The summed E-state index contributed by atoms with van der Waals surface area (Å²) in [5.74, 6) is 0. The third-order valence-electron chi connectivity index (χ3n) is 3.12. The van der Waals surface area contributed by atoms with Crippen LogP contribution < -0.4 is 0 Å². The number of ether oxygens (including phenoxy) is 1. The lowest BCUT2D eigenvalue weighted by molar-refractivity contribution is 0.103. The normalized spacial score (nSPS) is 15.7. The third kappa shape index (κ3) is 2.75. The minimum absolute atomic E-state index is 0.350. The van der Waals surface area contributed by atoms with Crippen molar-refractivity contribution in [2.24, 2.45) is 0 Å². The van der Waals surface area contributed by atoms with Gasteiger partial charge in [-0.15, -0.1) is 11.3 Å². The van der Waals surface area contributed by atoms with Gasteiger partial charge in [0.1, 0.15) is 5.01 Å². The molecule has 9 heteroatoms. The van der Waals surface area contributed by atoms with Gasteiger partial charge >= 0.3 is 0 Å². The quantitative estimate of drug-likeness (QED) is 0.884. The molecule has 0 unspecified atom stereocenters. The molecule has 1 aliphatic heterocycles. The fourth-order valence-electron chi connectivity index (χ4n) is 2.08. The number of rotatable bonds is 5. The van der Waals surface area contributed by atoms with Crippen LogP contribution in [0.2, 0.25) is 0 Å². The van der Waals surface area contributed by atoms with Crippen molar-refractivity contribution in [3.8, 4) is 0 Å². The second-order valence-corrected chi connectivity index (χ2v) is 7.54. The summed E-state index contributed by atoms with van der Waals surface area (Å²) in [6, 6.07) is 0. The molecule has 0 bridgehead atoms. The highest BCUT2D eigenvalue weighted by molar-refractivity contribution is 7.88. The molecular formula is C11H14N4O3S2. The molecule has 0 amide bonds. The number of thiazole rings is 1. The summed E-state index contributed by atoms with van der Waals surface area (Å²) >= 11 is 1.54. The van der Waals surface area contributed by atoms with Gasteiger partial charge in [0.05, 0.1) is 37.4 Å². The van der Waals surface area contributed by atoms with E-state index in [1.54, 1.807) is 6.20 Å². The van der Waals surface area contributed by atoms with Gasteiger partial charge in [-0.2, -0.15) is 9.40 Å². The third-order valence-corrected chi connectivity index (χ3v) is 5.07. The van der Waals surface area contributed by atoms with Gasteiger partial charge < -0.3 is 4.74 Å². The number of hydrogen-bond donors (Lipinski definition) is 1. The van der Waals surface area contributed by atoms with Crippen LogP contribution in [-0.4, -0.2) is 34.2 Å². The summed E-state index contributed by atoms with van der Waals surface area (Å²) < 4.78 is 30.1. The van der Waals surface area contributed by atoms with Gasteiger partial charge in [-0.3, -0.25) is 5.10 Å². The molecule has 0 atom stereocenters. The van der Waals surface area contributed by atoms with Crippen molar-refractivity contribution in [1.82, 2.24) is 19.5 Å². The number of fused-ring (bicyclic) bond motifs is 1. The first-order valence-corrected chi connectivity index (χ1v) is 8.73. The molecule has 0 saturated carbocycles. The molecule has 0 aromatic carbocycles. The molecule has 0 fully saturated rings. The van der Waals surface area contributed by atoms with E-state index in [0.717, 1.165) is 22.0 Å². The van der Waals surface area contributed by atoms with E-state index in [-0.39, 0.29) is 0 Å². The highest BCUT2D eigenvalue weighted by atomic mass is 32.2. The summed E-state index contributed by atoms with van der Waals surface area (Å²) in [6.45, 7) is 1.51. The summed E-state index contributed by atoms with van der Waals surface area (Å²) in [7, 11) is -3.18. The minimum Gasteiger partial charge on any atom is -0.368 e. The minimum atomic E-state index is -3.18. The number of sulfonamides is 1. The van der Waals surface area contributed by atoms with Gasteiger partial charge in [-0.25, -0.2) is 13.4 Å². The molecule has 0 radical (unpaired) electrons. The molecule has 1 aliphatic rings. The Morgan fingerprint density at radius 1 is 1.45 bits per heavy atom. The van der Waals surface area contributed by atoms with E-state index in [2.05, 4.69) is 15.2 Å². The predicted octanol–water partition coefficient (Wildman–Crippen LogP) is 0.858. The maximum absolute atomic E-state index is 11.5. The second kappa shape index (κ2) is 5.24. The molecule has 0 aliphatic carbocycles. The zero-order chi connectivity index (χ0) is 14.2. The molecule has 3 rings (SSSR count). The fraction of sp³-hybridized carbons (Fsp3) is 0.455. The largest absolute Gasteiger partial charge is 0.368 e. The Labute approximate surface area is 120 Å². The lowest BCUT2D eigenvalue weighted by Crippen LogP contribution is -2.24. The van der Waals surface area contributed by atoms with Gasteiger partial charge in [0.2, 0.25) is 10.0 Å². The zero-order valence-corrected chi connectivity index (χ0v) is 12.5. The van der Waals surface area contributed by atoms with Crippen LogP contribution >= 0.6 is 11.3 Å². The molecule has 3 heterocycles. The van der Waals surface area contributed by atoms with Crippen LogP contribution in [0.3, 0.4) is 0 Å². The van der Waals surface area contributed by atoms with E-state index in [1.807, 2.05) is 5.38 Å². The monoisotopic (exact) mass is 314 g/mol. The lowest BCUT2D eigenvalue weighted by Gasteiger charge is -2.11. The molecule has 7 nitrogen and oxygen atoms in total. The topological polar surface area (TPSA) is 88.2 Å². The zero-order valence-electron chi connectivity index (χ0n) is 10.9. The number of nitrogens with one attached hydrogen (secondary N) is 1. The number of aromatic amines is 1. The second-order valence-electron chi connectivity index (χ2n) is 4.58. The van der Waals surface area contributed by atoms with E-state index in [1.165, 1.54) is 21.9 Å². The summed E-state index contributed by atoms with van der Waals surface area (Å²) in [5, 5.41) is 9.88. The van der Waals surface area contributed by atoms with E-state index >= 15 is 0 Å². The first-order chi connectivity index (χ1) is 9.54. The van der Waals surface area contributed by atoms with Crippen molar-refractivity contribution in [3.63, 3.8) is 0 Å². The highest BCUT2D eigenvalue weighted by Crippen LogP contribution is 2.26. The molecule has 0 saturated heterocycles. The summed E-state index contributed by atoms with van der Waals surface area (Å²) in [5.41, 5.74) is 2.54. The van der Waals surface area contributed by atoms with Crippen LogP contribution in [0.1, 0.15) is 22.0 Å². The first kappa shape index (κ1) is 13.7. The van der Waals surface area contributed by atoms with Crippen molar-refractivity contribution < 1.29 is 13.2 Å². The SMILES string of the molecule is CS(=O)(=O)N1Cc2[nH]nc(COCc3nccs3)c2C1. The van der Waals surface area contributed by atoms with Crippen LogP contribution in [0.15, 0.2) is 11.6 Å². The Kier molecular flexibility index (Phi) is 3.59. The molecular weight excluding hydrogens is 300 g/mol. The molecule has 2 aromatic rings. The van der Waals surface area contributed by atoms with Crippen LogP contribution in [0.4, 0.5) is 0 Å². The standard InChI is InChI=1S/C11H14N4O3S2/c1-20(16,17)15-4-8-9(5-15)13-14-10(8)6-18-7-11-12-2-3-19-11/h2-3H,4-7H2,1H3,(H,13,14). The lowest BCUT2D eigenvalue weighted by atomic mass is 10.2. The van der Waals surface area contributed by atoms with Crippen molar-refractivity contribution in [3.05, 3.63) is 33.5 Å². The highest BCUT2D eigenvalue weighted by Gasteiger charge is 2.30. The Bertz CT molecular complexity index is 693. The van der Waals surface area contributed by atoms with E-state index < -0.39 is 10.0 Å². The van der Waals surface area contributed by atoms with Gasteiger partial charge in [-0.05, 0) is 0 Å². The van der Waals surface area contributed by atoms with Crippen LogP contribution in [0.5, 0.6) is 0 Å². The average molecular weight is 314 g/mol. The maximum atomic E-state index is 11.5. The van der Waals surface area contributed by atoms with Crippen LogP contribution in [0.25, 0.3) is 0 Å². The first-order valence-electron chi connectivity index (χ1n) is 6.00. The van der Waals surface area contributed by atoms with E-state index in [0.29, 0.717) is 26.3 Å². The number of hydrogen-bond acceptors (Lipinski definition) is 6. The maximum Gasteiger partial charge on any atom is 0.211 e. The van der Waals surface area contributed by atoms with Crippen molar-refractivity contribution in [2.45, 2.75) is 26.3 Å². The van der Waals surface area contributed by atoms with Crippen LogP contribution in [0, 0.1) is 0 Å². The average Bonchev–Trinajstić information content (AvgIpc) is 3.04. The number of nitrogens with zero attached hydrogens (tertiary/aromatic N) is 3. The Morgan fingerprint density at radius 2 is 2.30 bits per heavy atom. The molecule has 0 spiro atoms. The summed E-state index contributed by atoms with van der Waals surface area (Å²) in [4.78, 5) is 4.13. The van der Waals surface area contributed by atoms with Crippen molar-refractivity contribution in [2.75, 3.05) is 6.26 Å².